The molecule has 0 radical (unpaired) electrons. The predicted molar refractivity (Wildman–Crippen MR) is 358 cm³/mol. The van der Waals surface area contributed by atoms with Gasteiger partial charge in [-0.2, -0.15) is 0 Å². The molecule has 13 atom stereocenters. The zero-order chi connectivity index (χ0) is 73.1. The molecule has 2 aliphatic rings. The van der Waals surface area contributed by atoms with Crippen LogP contribution >= 0.6 is 44.0 Å². The first-order valence-electron chi connectivity index (χ1n) is 30.7. The molecule has 0 saturated carbocycles. The third kappa shape index (κ3) is 26.7. The van der Waals surface area contributed by atoms with Crippen molar-refractivity contribution in [2.24, 2.45) is 11.5 Å². The van der Waals surface area contributed by atoms with Crippen LogP contribution in [0, 0.1) is 0 Å². The minimum absolute atomic E-state index is 0.0122. The molecule has 4 rings (SSSR count). The Bertz CT molecular complexity index is 3250. The van der Waals surface area contributed by atoms with E-state index in [0.717, 1.165) is 37.3 Å². The van der Waals surface area contributed by atoms with Gasteiger partial charge in [0.05, 0.1) is 19.0 Å². The van der Waals surface area contributed by atoms with E-state index in [1.165, 1.54) is 83.1 Å². The molecule has 0 bridgehead atoms. The summed E-state index contributed by atoms with van der Waals surface area (Å²) < 4.78 is 0. The molecule has 0 aromatic heterocycles. The molecule has 2 aliphatic heterocycles. The quantitative estimate of drug-likeness (QED) is 0.0280. The van der Waals surface area contributed by atoms with E-state index in [9.17, 15) is 97.1 Å². The number of carbonyl (C=O) groups is 16. The van der Waals surface area contributed by atoms with Crippen molar-refractivity contribution in [2.75, 3.05) is 30.3 Å². The van der Waals surface area contributed by atoms with Gasteiger partial charge in [-0.1, -0.05) is 63.6 Å². The van der Waals surface area contributed by atoms with Crippen LogP contribution in [0.15, 0.2) is 48.5 Å². The molecule has 14 amide bonds. The Morgan fingerprint density at radius 1 is 0.643 bits per heavy atom. The number of aliphatic carboxylic acids is 2. The average molecular weight is 1450 g/mol. The minimum Gasteiger partial charge on any atom is -0.508 e. The Morgan fingerprint density at radius 2 is 1.19 bits per heavy atom. The smallest absolute Gasteiger partial charge is 0.326 e. The van der Waals surface area contributed by atoms with Crippen LogP contribution in [0.25, 0.3) is 0 Å². The van der Waals surface area contributed by atoms with Crippen LogP contribution in [0.5, 0.6) is 11.5 Å². The van der Waals surface area contributed by atoms with E-state index in [1.54, 1.807) is 0 Å². The molecular weight excluding hydrogens is 1370 g/mol. The lowest BCUT2D eigenvalue weighted by atomic mass is 10.0. The number of phenolic OH excluding ortho intramolecular Hbond substituents is 2. The van der Waals surface area contributed by atoms with Gasteiger partial charge in [-0.25, -0.2) is 4.79 Å². The van der Waals surface area contributed by atoms with Crippen LogP contribution < -0.4 is 75.3 Å². The molecule has 2 aromatic rings. The Morgan fingerprint density at radius 3 is 1.79 bits per heavy atom. The second-order valence-electron chi connectivity index (χ2n) is 22.9. The molecule has 98 heavy (non-hydrogen) atoms. The number of hydrogen-bond donors (Lipinski definition) is 19. The fraction of sp³-hybridized carbons (Fsp3) is 0.525. The van der Waals surface area contributed by atoms with Crippen molar-refractivity contribution in [1.82, 2.24) is 68.7 Å². The van der Waals surface area contributed by atoms with Gasteiger partial charge in [0.25, 0.3) is 0 Å². The number of rotatable bonds is 28. The van der Waals surface area contributed by atoms with Gasteiger partial charge < -0.3 is 101 Å². The minimum atomic E-state index is -1.77. The fourth-order valence-corrected chi connectivity index (χ4v) is 12.6. The third-order valence-electron chi connectivity index (χ3n) is 15.0. The van der Waals surface area contributed by atoms with Gasteiger partial charge in [-0.15, -0.1) is 11.7 Å². The molecule has 538 valence electrons. The summed E-state index contributed by atoms with van der Waals surface area (Å²) in [6, 6.07) is -7.51. The number of nitrogens with two attached hydrogens (primary N) is 2. The predicted octanol–water partition coefficient (Wildman–Crippen LogP) is -5.06. The highest BCUT2D eigenvalue weighted by Crippen LogP contribution is 2.24. The first-order valence-corrected chi connectivity index (χ1v) is 35.2. The van der Waals surface area contributed by atoms with E-state index in [0.29, 0.717) is 11.1 Å². The summed E-state index contributed by atoms with van der Waals surface area (Å²) in [6.45, 7) is 5.79. The molecule has 2 fully saturated rings. The summed E-state index contributed by atoms with van der Waals surface area (Å²) in [6.07, 6.45) is -2.12. The summed E-state index contributed by atoms with van der Waals surface area (Å²) in [7, 11) is 2.73. The largest absolute Gasteiger partial charge is 0.508 e. The number of likely N-dealkylation sites (tertiary alicyclic amines) is 1. The number of nitrogens with zero attached hydrogens (tertiary/aromatic N) is 1. The first-order chi connectivity index (χ1) is 46.2. The van der Waals surface area contributed by atoms with Gasteiger partial charge in [0, 0.05) is 43.1 Å². The average Bonchev–Trinajstić information content (AvgIpc) is 1.61. The van der Waals surface area contributed by atoms with Gasteiger partial charge in [0.1, 0.15) is 84.0 Å². The number of carboxylic acids is 2. The van der Waals surface area contributed by atoms with Crippen molar-refractivity contribution < 1.29 is 97.1 Å². The number of thiol groups is 1. The molecule has 35 nitrogen and oxygen atoms in total. The lowest BCUT2D eigenvalue weighted by molar-refractivity contribution is -0.143. The van der Waals surface area contributed by atoms with Crippen molar-refractivity contribution in [1.29, 1.82) is 0 Å². The maximum Gasteiger partial charge on any atom is 0.326 e. The second-order valence-corrected chi connectivity index (χ2v) is 26.8. The number of carboxylic acid groups (broad SMARTS) is 2. The van der Waals surface area contributed by atoms with Gasteiger partial charge >= 0.3 is 11.9 Å². The number of nitrogens with one attached hydrogen (secondary N) is 12. The summed E-state index contributed by atoms with van der Waals surface area (Å²) in [5, 5.41) is 67.8. The highest BCUT2D eigenvalue weighted by molar-refractivity contribution is 8.76. The molecule has 0 aliphatic carbocycles. The number of benzene rings is 2. The Balaban J connectivity index is 1.42. The van der Waals surface area contributed by atoms with E-state index in [2.05, 4.69) is 75.5 Å². The highest BCUT2D eigenvalue weighted by Gasteiger charge is 2.41. The summed E-state index contributed by atoms with van der Waals surface area (Å²) in [5.74, 6) is -16.6. The van der Waals surface area contributed by atoms with E-state index >= 15 is 0 Å². The summed E-state index contributed by atoms with van der Waals surface area (Å²) >= 11 is 4.04. The molecule has 2 saturated heterocycles. The molecular formula is C59H83N15O20S4. The lowest BCUT2D eigenvalue weighted by Gasteiger charge is -2.30. The lowest BCUT2D eigenvalue weighted by Crippen LogP contribution is -2.61. The highest BCUT2D eigenvalue weighted by atomic mass is 33.1. The van der Waals surface area contributed by atoms with E-state index in [-0.39, 0.29) is 67.4 Å². The molecule has 2 aromatic carbocycles. The summed E-state index contributed by atoms with van der Waals surface area (Å²) in [4.78, 5) is 214. The third-order valence-corrected chi connectivity index (χ3v) is 18.4. The van der Waals surface area contributed by atoms with Crippen LogP contribution in [0.3, 0.4) is 0 Å². The van der Waals surface area contributed by atoms with Crippen LogP contribution in [-0.4, -0.2) is 229 Å². The van der Waals surface area contributed by atoms with E-state index < -0.39 is 199 Å². The molecule has 7 unspecified atom stereocenters. The van der Waals surface area contributed by atoms with Gasteiger partial charge in [-0.05, 0) is 88.8 Å². The maximum absolute atomic E-state index is 14.4. The SMILES string of the molecule is CCC(NC(=O)[C@H](C)NC(=O)C(C)NC(=O)C1CCCN1C(=O)[C@H](CC(N)=O)NC(=O)C1CSSCC(N)C(=O)N[C@@H](C)C(=O)NC(CCC(=O)O)C(=O)N[C@@H](Cc2ccc(O)cc2)C(=O)N[C@H](C)C(=O)N1)C(=O)NCC(=O)NC(CSS)C(=O)N[C@@H](Cc1ccc(O)cc1)C(=O)O. The Hall–Kier alpha value is -9.08. The first kappa shape index (κ1) is 81.3. The van der Waals surface area contributed by atoms with Crippen LogP contribution in [-0.2, 0) is 89.6 Å². The van der Waals surface area contributed by atoms with Crippen molar-refractivity contribution >= 4 is 139 Å². The van der Waals surface area contributed by atoms with Crippen molar-refractivity contribution in [3.63, 3.8) is 0 Å². The fourth-order valence-electron chi connectivity index (χ4n) is 9.48. The van der Waals surface area contributed by atoms with Gasteiger partial charge in [0.15, 0.2) is 0 Å². The summed E-state index contributed by atoms with van der Waals surface area (Å²) in [5.41, 5.74) is 12.6. The standard InChI is InChI=1S/C59H83N15O20S4/c1-6-36(52(86)62-23-45(78)67-41(25-96-95)55(89)72-40(59(93)94)21-32-11-15-34(76)16-12-32)68-48(82)28(3)63-47(81)27(2)66-57(91)43-8-7-19-74(43)58(92)39(22-44(61)77)71-56(90)42-26-98-97-24-35(60)51(85)64-29(4)49(83)69-37(17-18-46(79)80)53(87)70-38(20-31-9-13-33(75)14-10-31)54(88)65-30(5)50(84)73-42/h9-16,27-30,35-43,75-76,95H,6-8,17-26,60H2,1-5H3,(H2,61,77)(H,62,86)(H,63,81)(H,64,85)(H,65,88)(H,66,91)(H,67,78)(H,68,82)(H,69,83)(H,70,87)(H,71,90)(H,72,89)(H,73,84)(H,79,80)(H,93,94)/t27?,28-,29-,30+,35?,36?,37?,38-,39-,40-,41?,42?,43?/m0/s1. The van der Waals surface area contributed by atoms with Crippen molar-refractivity contribution in [3.8, 4) is 11.5 Å². The molecule has 2 heterocycles. The Kier molecular flexibility index (Phi) is 33.2. The number of primary amides is 1. The number of hydrogen-bond acceptors (Lipinski definition) is 23. The maximum atomic E-state index is 14.4. The number of phenols is 2. The monoisotopic (exact) mass is 1450 g/mol. The van der Waals surface area contributed by atoms with Crippen LogP contribution in [0.1, 0.15) is 84.3 Å². The van der Waals surface area contributed by atoms with Gasteiger partial charge in [-0.3, -0.25) is 71.9 Å². The van der Waals surface area contributed by atoms with Crippen molar-refractivity contribution in [3.05, 3.63) is 59.7 Å². The van der Waals surface area contributed by atoms with E-state index in [4.69, 9.17) is 11.5 Å². The molecule has 0 spiro atoms. The van der Waals surface area contributed by atoms with Crippen LogP contribution in [0.4, 0.5) is 0 Å². The number of carbonyl (C=O) groups excluding carboxylic acids is 14. The second kappa shape index (κ2) is 40.0. The molecule has 39 heteroatoms. The number of amides is 14. The Labute approximate surface area is 579 Å². The topological polar surface area (TPSA) is 554 Å². The van der Waals surface area contributed by atoms with Gasteiger partial charge in [0.2, 0.25) is 82.7 Å². The zero-order valence-corrected chi connectivity index (χ0v) is 57.3. The number of aromatic hydroxyl groups is 2. The van der Waals surface area contributed by atoms with E-state index in [1.807, 2.05) is 0 Å². The zero-order valence-electron chi connectivity index (χ0n) is 53.9. The van der Waals surface area contributed by atoms with Crippen LogP contribution in [0.2, 0.25) is 0 Å². The normalized spacial score (nSPS) is 21.5. The van der Waals surface area contributed by atoms with Crippen molar-refractivity contribution in [2.45, 2.75) is 165 Å². The molecule has 20 N–H and O–H groups in total.